The molecular weight excluding hydrogens is 456 g/mol. The van der Waals surface area contributed by atoms with Crippen molar-refractivity contribution in [2.75, 3.05) is 13.6 Å². The molecule has 0 fully saturated rings. The van der Waals surface area contributed by atoms with Gasteiger partial charge in [0.05, 0.1) is 12.1 Å². The van der Waals surface area contributed by atoms with Crippen LogP contribution >= 0.6 is 0 Å². The SMILES string of the molecule is CN1C(=O)[C@H](C[C@@H](O)CN)NC(=O)[C@@H](N)Cc2cc(ccc2O)-c2ccc(O)c(c2)C[C@H]1C(=O)O. The second-order valence-corrected chi connectivity index (χ2v) is 8.69. The number of phenolic OH excluding ortho intramolecular Hbond substituents is 2. The molecule has 1 heterocycles. The number of aliphatic carboxylic acids is 1. The largest absolute Gasteiger partial charge is 0.508 e. The van der Waals surface area contributed by atoms with Crippen LogP contribution in [0.25, 0.3) is 11.1 Å². The number of carbonyl (C=O) groups is 3. The summed E-state index contributed by atoms with van der Waals surface area (Å²) in [6.07, 6.45) is -1.67. The molecule has 1 aliphatic heterocycles. The van der Waals surface area contributed by atoms with Crippen molar-refractivity contribution >= 4 is 17.8 Å². The molecule has 1 aliphatic rings. The number of carboxylic acids is 1. The Bertz CT molecular complexity index is 1120. The van der Waals surface area contributed by atoms with Gasteiger partial charge in [-0.25, -0.2) is 4.79 Å². The second kappa shape index (κ2) is 10.7. The lowest BCUT2D eigenvalue weighted by molar-refractivity contribution is -0.150. The van der Waals surface area contributed by atoms with Gasteiger partial charge in [-0.1, -0.05) is 12.1 Å². The van der Waals surface area contributed by atoms with Crippen LogP contribution in [-0.4, -0.2) is 80.9 Å². The number of rotatable bonds is 4. The lowest BCUT2D eigenvalue weighted by Gasteiger charge is -2.30. The maximum Gasteiger partial charge on any atom is 0.326 e. The molecule has 0 radical (unpaired) electrons. The molecule has 2 aromatic carbocycles. The molecule has 9 N–H and O–H groups in total. The fourth-order valence-corrected chi connectivity index (χ4v) is 4.05. The minimum absolute atomic E-state index is 0.0512. The number of phenols is 2. The Kier molecular flexibility index (Phi) is 7.95. The Labute approximate surface area is 202 Å². The van der Waals surface area contributed by atoms with E-state index < -0.39 is 42.0 Å². The van der Waals surface area contributed by atoms with Crippen molar-refractivity contribution in [1.82, 2.24) is 10.2 Å². The number of nitrogens with two attached hydrogens (primary N) is 2. The Hall–Kier alpha value is -3.67. The summed E-state index contributed by atoms with van der Waals surface area (Å²) in [5, 5.41) is 43.1. The Balaban J connectivity index is 2.14. The number of aromatic hydroxyl groups is 2. The highest BCUT2D eigenvalue weighted by molar-refractivity contribution is 5.92. The Morgan fingerprint density at radius 3 is 2.14 bits per heavy atom. The zero-order chi connectivity index (χ0) is 25.9. The number of amides is 2. The molecular formula is C24H30N4O7. The highest BCUT2D eigenvalue weighted by atomic mass is 16.4. The molecule has 0 aliphatic carbocycles. The van der Waals surface area contributed by atoms with E-state index in [0.717, 1.165) is 4.90 Å². The van der Waals surface area contributed by atoms with Crippen LogP contribution in [0.4, 0.5) is 0 Å². The molecule has 0 spiro atoms. The molecule has 0 saturated carbocycles. The van der Waals surface area contributed by atoms with E-state index in [0.29, 0.717) is 22.3 Å². The zero-order valence-electron chi connectivity index (χ0n) is 19.2. The quantitative estimate of drug-likeness (QED) is 0.292. The second-order valence-electron chi connectivity index (χ2n) is 8.69. The van der Waals surface area contributed by atoms with E-state index in [1.807, 2.05) is 0 Å². The maximum atomic E-state index is 13.3. The summed E-state index contributed by atoms with van der Waals surface area (Å²) < 4.78 is 0. The first-order valence-corrected chi connectivity index (χ1v) is 11.1. The third-order valence-corrected chi connectivity index (χ3v) is 6.18. The van der Waals surface area contributed by atoms with Gasteiger partial charge in [0.2, 0.25) is 11.8 Å². The monoisotopic (exact) mass is 486 g/mol. The average Bonchev–Trinajstić information content (AvgIpc) is 2.82. The van der Waals surface area contributed by atoms with Crippen LogP contribution in [0.2, 0.25) is 0 Å². The van der Waals surface area contributed by atoms with Crippen LogP contribution in [0.5, 0.6) is 11.5 Å². The van der Waals surface area contributed by atoms with Gasteiger partial charge in [-0.15, -0.1) is 0 Å². The van der Waals surface area contributed by atoms with Crippen LogP contribution in [-0.2, 0) is 27.2 Å². The highest BCUT2D eigenvalue weighted by Gasteiger charge is 2.34. The lowest BCUT2D eigenvalue weighted by Crippen LogP contribution is -2.56. The van der Waals surface area contributed by atoms with E-state index in [4.69, 9.17) is 11.5 Å². The van der Waals surface area contributed by atoms with E-state index >= 15 is 0 Å². The predicted octanol–water partition coefficient (Wildman–Crippen LogP) is -0.703. The summed E-state index contributed by atoms with van der Waals surface area (Å²) in [5.74, 6) is -3.01. The molecule has 2 aromatic rings. The van der Waals surface area contributed by atoms with Gasteiger partial charge in [0.1, 0.15) is 23.6 Å². The number of aliphatic hydroxyl groups excluding tert-OH is 1. The Morgan fingerprint density at radius 2 is 1.63 bits per heavy atom. The topological polar surface area (TPSA) is 199 Å². The molecule has 2 amide bonds. The average molecular weight is 487 g/mol. The van der Waals surface area contributed by atoms with Gasteiger partial charge in [-0.2, -0.15) is 0 Å². The number of benzene rings is 2. The summed E-state index contributed by atoms with van der Waals surface area (Å²) in [5.41, 5.74) is 13.5. The number of carbonyl (C=O) groups excluding carboxylic acids is 2. The van der Waals surface area contributed by atoms with Crippen LogP contribution in [0, 0.1) is 0 Å². The molecule has 4 atom stereocenters. The van der Waals surface area contributed by atoms with Gasteiger partial charge in [0, 0.05) is 32.9 Å². The first-order valence-electron chi connectivity index (χ1n) is 11.1. The third-order valence-electron chi connectivity index (χ3n) is 6.18. The summed E-state index contributed by atoms with van der Waals surface area (Å²) >= 11 is 0. The predicted molar refractivity (Wildman–Crippen MR) is 126 cm³/mol. The molecule has 4 bridgehead atoms. The normalized spacial score (nSPS) is 22.1. The third kappa shape index (κ3) is 5.88. The van der Waals surface area contributed by atoms with Crippen molar-refractivity contribution in [3.63, 3.8) is 0 Å². The summed E-state index contributed by atoms with van der Waals surface area (Å²) in [4.78, 5) is 39.2. The number of nitrogens with zero attached hydrogens (tertiary/aromatic N) is 1. The first-order chi connectivity index (χ1) is 16.5. The van der Waals surface area contributed by atoms with Gasteiger partial charge >= 0.3 is 5.97 Å². The number of hydrogen-bond acceptors (Lipinski definition) is 8. The van der Waals surface area contributed by atoms with Gasteiger partial charge in [-0.3, -0.25) is 9.59 Å². The molecule has 0 aromatic heterocycles. The smallest absolute Gasteiger partial charge is 0.326 e. The molecule has 3 rings (SSSR count). The standard InChI is InChI=1S/C24H30N4O7/c1-28-19(24(34)35)9-15-7-13(3-5-21(15)31)12-2-4-20(30)14(6-12)8-17(26)22(32)27-18(23(28)33)10-16(29)11-25/h2-7,16-19,29-31H,8-11,25-26H2,1H3,(H,27,32)(H,34,35)/t16-,17+,18+,19+/m1/s1. The first kappa shape index (κ1) is 25.9. The van der Waals surface area contributed by atoms with Crippen molar-refractivity contribution in [3.8, 4) is 22.6 Å². The fraction of sp³-hybridized carbons (Fsp3) is 0.375. The minimum atomic E-state index is -1.38. The maximum absolute atomic E-state index is 13.3. The molecule has 0 unspecified atom stereocenters. The van der Waals surface area contributed by atoms with Crippen molar-refractivity contribution in [2.24, 2.45) is 11.5 Å². The van der Waals surface area contributed by atoms with E-state index in [9.17, 15) is 34.8 Å². The van der Waals surface area contributed by atoms with Crippen molar-refractivity contribution in [1.29, 1.82) is 0 Å². The zero-order valence-corrected chi connectivity index (χ0v) is 19.2. The summed E-state index contributed by atoms with van der Waals surface area (Å²) in [6.45, 7) is -0.181. The van der Waals surface area contributed by atoms with Gasteiger partial charge in [0.15, 0.2) is 0 Å². The van der Waals surface area contributed by atoms with Gasteiger partial charge < -0.3 is 42.1 Å². The molecule has 188 valence electrons. The molecule has 11 nitrogen and oxygen atoms in total. The number of nitrogens with one attached hydrogen (secondary N) is 1. The van der Waals surface area contributed by atoms with Crippen LogP contribution in [0.15, 0.2) is 36.4 Å². The van der Waals surface area contributed by atoms with Gasteiger partial charge in [-0.05, 0) is 46.5 Å². The van der Waals surface area contributed by atoms with Gasteiger partial charge in [0.25, 0.3) is 0 Å². The summed E-state index contributed by atoms with van der Waals surface area (Å²) in [7, 11) is 1.27. The van der Waals surface area contributed by atoms with Crippen LogP contribution in [0.3, 0.4) is 0 Å². The number of hydrogen-bond donors (Lipinski definition) is 7. The number of aliphatic hydroxyl groups is 1. The van der Waals surface area contributed by atoms with E-state index in [1.165, 1.54) is 19.2 Å². The molecule has 35 heavy (non-hydrogen) atoms. The number of likely N-dealkylation sites (N-methyl/N-ethyl adjacent to an activating group) is 1. The molecule has 0 saturated heterocycles. The Morgan fingerprint density at radius 1 is 1.09 bits per heavy atom. The van der Waals surface area contributed by atoms with Crippen LogP contribution < -0.4 is 16.8 Å². The lowest BCUT2D eigenvalue weighted by atomic mass is 9.95. The van der Waals surface area contributed by atoms with E-state index in [2.05, 4.69) is 5.32 Å². The van der Waals surface area contributed by atoms with E-state index in [1.54, 1.807) is 24.3 Å². The highest BCUT2D eigenvalue weighted by Crippen LogP contribution is 2.31. The van der Waals surface area contributed by atoms with Crippen molar-refractivity contribution in [2.45, 2.75) is 43.5 Å². The minimum Gasteiger partial charge on any atom is -0.508 e. The van der Waals surface area contributed by atoms with Crippen molar-refractivity contribution < 1.29 is 34.8 Å². The number of carboxylic acid groups (broad SMARTS) is 1. The number of fused-ring (bicyclic) bond motifs is 5. The molecule has 11 heteroatoms. The fourth-order valence-electron chi connectivity index (χ4n) is 4.05. The van der Waals surface area contributed by atoms with Crippen molar-refractivity contribution in [3.05, 3.63) is 47.5 Å². The van der Waals surface area contributed by atoms with Crippen LogP contribution in [0.1, 0.15) is 17.5 Å². The van der Waals surface area contributed by atoms with E-state index in [-0.39, 0.29) is 37.3 Å². The summed E-state index contributed by atoms with van der Waals surface area (Å²) in [6, 6.07) is 5.59.